The summed E-state index contributed by atoms with van der Waals surface area (Å²) in [5.41, 5.74) is 1.27. The molecule has 1 atom stereocenters. The van der Waals surface area contributed by atoms with Crippen LogP contribution in [0, 0.1) is 0 Å². The fraction of sp³-hybridized carbons (Fsp3) is 0.529. The summed E-state index contributed by atoms with van der Waals surface area (Å²) in [4.78, 5) is 15.7. The van der Waals surface area contributed by atoms with Gasteiger partial charge in [-0.2, -0.15) is 5.10 Å². The Balaban J connectivity index is 1.70. The molecule has 2 aromatic heterocycles. The van der Waals surface area contributed by atoms with Crippen LogP contribution >= 0.6 is 11.3 Å². The van der Waals surface area contributed by atoms with Crippen LogP contribution in [0.4, 0.5) is 0 Å². The fourth-order valence-corrected chi connectivity index (χ4v) is 6.04. The highest BCUT2D eigenvalue weighted by Gasteiger charge is 2.33. The molecule has 4 rings (SSSR count). The van der Waals surface area contributed by atoms with Crippen molar-refractivity contribution in [1.82, 2.24) is 14.7 Å². The highest BCUT2D eigenvalue weighted by atomic mass is 32.2. The number of hydrogen-bond acceptors (Lipinski definition) is 5. The number of rotatable bonds is 3. The van der Waals surface area contributed by atoms with Crippen LogP contribution in [0.2, 0.25) is 0 Å². The van der Waals surface area contributed by atoms with Gasteiger partial charge in [-0.1, -0.05) is 6.07 Å². The molecule has 2 aliphatic heterocycles. The smallest absolute Gasteiger partial charge is 0.274 e. The Kier molecular flexibility index (Phi) is 4.41. The van der Waals surface area contributed by atoms with Crippen molar-refractivity contribution >= 4 is 27.1 Å². The molecule has 0 saturated carbocycles. The zero-order valence-corrected chi connectivity index (χ0v) is 15.6. The van der Waals surface area contributed by atoms with E-state index in [1.54, 1.807) is 16.0 Å². The average molecular weight is 380 g/mol. The van der Waals surface area contributed by atoms with E-state index < -0.39 is 9.84 Å². The topological polar surface area (TPSA) is 72.3 Å². The van der Waals surface area contributed by atoms with Crippen LogP contribution in [-0.2, 0) is 9.84 Å². The predicted molar refractivity (Wildman–Crippen MR) is 97.6 cm³/mol. The number of hydrogen-bond donors (Lipinski definition) is 0. The molecular weight excluding hydrogens is 358 g/mol. The van der Waals surface area contributed by atoms with Gasteiger partial charge in [0.15, 0.2) is 15.5 Å². The Bertz CT molecular complexity index is 865. The van der Waals surface area contributed by atoms with E-state index in [-0.39, 0.29) is 23.5 Å². The second-order valence-electron chi connectivity index (χ2n) is 6.75. The maximum atomic E-state index is 12.8. The zero-order chi connectivity index (χ0) is 17.4. The van der Waals surface area contributed by atoms with E-state index in [9.17, 15) is 13.2 Å². The van der Waals surface area contributed by atoms with Crippen molar-refractivity contribution in [3.05, 3.63) is 29.3 Å². The lowest BCUT2D eigenvalue weighted by Gasteiger charge is -2.25. The van der Waals surface area contributed by atoms with E-state index in [0.717, 1.165) is 36.5 Å². The third-order valence-corrected chi connectivity index (χ3v) is 7.57. The van der Waals surface area contributed by atoms with Gasteiger partial charge in [-0.25, -0.2) is 8.42 Å². The first kappa shape index (κ1) is 16.8. The summed E-state index contributed by atoms with van der Waals surface area (Å²) in [6.45, 7) is 1.55. The van der Waals surface area contributed by atoms with Crippen LogP contribution in [0.5, 0.6) is 0 Å². The van der Waals surface area contributed by atoms with Gasteiger partial charge in [-0.05, 0) is 43.2 Å². The SMILES string of the molecule is O=C(c1cc(-c2cccs2)n([C@@H]2CCS(=O)(=O)C2)n1)N1CCCCC1. The standard InChI is InChI=1S/C17H21N3O3S2/c21-17(19-7-2-1-3-8-19)14-11-15(16-5-4-9-24-16)20(18-14)13-6-10-25(22,23)12-13/h4-5,9,11,13H,1-3,6-8,10,12H2/t13-/m1/s1. The van der Waals surface area contributed by atoms with Crippen molar-refractivity contribution in [1.29, 1.82) is 0 Å². The Morgan fingerprint density at radius 1 is 1.24 bits per heavy atom. The molecule has 0 unspecified atom stereocenters. The van der Waals surface area contributed by atoms with Crippen molar-refractivity contribution in [2.24, 2.45) is 0 Å². The van der Waals surface area contributed by atoms with E-state index in [2.05, 4.69) is 5.10 Å². The number of likely N-dealkylation sites (tertiary alicyclic amines) is 1. The predicted octanol–water partition coefficient (Wildman–Crippen LogP) is 2.60. The molecule has 0 bridgehead atoms. The Morgan fingerprint density at radius 2 is 2.04 bits per heavy atom. The number of aromatic nitrogens is 2. The molecule has 0 aromatic carbocycles. The molecule has 0 radical (unpaired) electrons. The van der Waals surface area contributed by atoms with Crippen molar-refractivity contribution in [2.45, 2.75) is 31.7 Å². The minimum Gasteiger partial charge on any atom is -0.337 e. The van der Waals surface area contributed by atoms with Gasteiger partial charge in [0, 0.05) is 13.1 Å². The van der Waals surface area contributed by atoms with E-state index in [1.807, 2.05) is 28.5 Å². The number of thiophene rings is 1. The molecule has 0 N–H and O–H groups in total. The molecule has 25 heavy (non-hydrogen) atoms. The van der Waals surface area contributed by atoms with Crippen LogP contribution < -0.4 is 0 Å². The summed E-state index contributed by atoms with van der Waals surface area (Å²) in [6, 6.07) is 5.57. The molecular formula is C17H21N3O3S2. The highest BCUT2D eigenvalue weighted by molar-refractivity contribution is 7.91. The monoisotopic (exact) mass is 379 g/mol. The quantitative estimate of drug-likeness (QED) is 0.822. The normalized spacial score (nSPS) is 23.0. The van der Waals surface area contributed by atoms with Gasteiger partial charge in [0.25, 0.3) is 5.91 Å². The van der Waals surface area contributed by atoms with Crippen molar-refractivity contribution in [3.63, 3.8) is 0 Å². The largest absolute Gasteiger partial charge is 0.337 e. The Hall–Kier alpha value is -1.67. The van der Waals surface area contributed by atoms with Crippen LogP contribution in [0.15, 0.2) is 23.6 Å². The summed E-state index contributed by atoms with van der Waals surface area (Å²) in [6.07, 6.45) is 3.79. The first-order valence-corrected chi connectivity index (χ1v) is 11.4. The number of nitrogens with zero attached hydrogens (tertiary/aromatic N) is 3. The molecule has 6 nitrogen and oxygen atoms in total. The minimum atomic E-state index is -3.01. The molecule has 134 valence electrons. The van der Waals surface area contributed by atoms with E-state index in [1.165, 1.54) is 6.42 Å². The van der Waals surface area contributed by atoms with Crippen molar-refractivity contribution in [2.75, 3.05) is 24.6 Å². The maximum Gasteiger partial charge on any atom is 0.274 e. The van der Waals surface area contributed by atoms with Crippen molar-refractivity contribution in [3.8, 4) is 10.6 Å². The number of piperidine rings is 1. The maximum absolute atomic E-state index is 12.8. The van der Waals surface area contributed by atoms with Gasteiger partial charge in [0.1, 0.15) is 0 Å². The van der Waals surface area contributed by atoms with Crippen LogP contribution in [0.3, 0.4) is 0 Å². The lowest BCUT2D eigenvalue weighted by molar-refractivity contribution is 0.0717. The summed E-state index contributed by atoms with van der Waals surface area (Å²) >= 11 is 1.57. The first-order chi connectivity index (χ1) is 12.0. The summed E-state index contributed by atoms with van der Waals surface area (Å²) < 4.78 is 25.5. The van der Waals surface area contributed by atoms with E-state index in [0.29, 0.717) is 12.1 Å². The molecule has 2 aromatic rings. The second-order valence-corrected chi connectivity index (χ2v) is 9.92. The van der Waals surface area contributed by atoms with Crippen LogP contribution in [-0.4, -0.2) is 53.6 Å². The lowest BCUT2D eigenvalue weighted by atomic mass is 10.1. The third kappa shape index (κ3) is 3.37. The third-order valence-electron chi connectivity index (χ3n) is 4.93. The van der Waals surface area contributed by atoms with Crippen LogP contribution in [0.25, 0.3) is 10.6 Å². The molecule has 2 aliphatic rings. The van der Waals surface area contributed by atoms with Gasteiger partial charge in [0.2, 0.25) is 0 Å². The average Bonchev–Trinajstić information content (AvgIpc) is 3.33. The summed E-state index contributed by atoms with van der Waals surface area (Å²) in [7, 11) is -3.01. The van der Waals surface area contributed by atoms with Gasteiger partial charge < -0.3 is 4.90 Å². The second kappa shape index (κ2) is 6.57. The van der Waals surface area contributed by atoms with Gasteiger partial charge in [-0.3, -0.25) is 9.48 Å². The number of carbonyl (C=O) groups excluding carboxylic acids is 1. The Morgan fingerprint density at radius 3 is 2.68 bits per heavy atom. The molecule has 2 fully saturated rings. The number of sulfone groups is 1. The molecule has 0 aliphatic carbocycles. The van der Waals surface area contributed by atoms with Crippen LogP contribution in [0.1, 0.15) is 42.2 Å². The lowest BCUT2D eigenvalue weighted by Crippen LogP contribution is -2.35. The first-order valence-electron chi connectivity index (χ1n) is 8.67. The summed E-state index contributed by atoms with van der Waals surface area (Å²) in [5, 5.41) is 6.53. The minimum absolute atomic E-state index is 0.0443. The van der Waals surface area contributed by atoms with Gasteiger partial charge >= 0.3 is 0 Å². The van der Waals surface area contributed by atoms with E-state index >= 15 is 0 Å². The summed E-state index contributed by atoms with van der Waals surface area (Å²) in [5.74, 6) is 0.249. The van der Waals surface area contributed by atoms with Crippen molar-refractivity contribution < 1.29 is 13.2 Å². The molecule has 0 spiro atoms. The number of carbonyl (C=O) groups is 1. The molecule has 1 amide bonds. The van der Waals surface area contributed by atoms with E-state index in [4.69, 9.17) is 0 Å². The molecule has 8 heteroatoms. The van der Waals surface area contributed by atoms with Gasteiger partial charge in [0.05, 0.1) is 28.1 Å². The fourth-order valence-electron chi connectivity index (χ4n) is 3.61. The zero-order valence-electron chi connectivity index (χ0n) is 13.9. The molecule has 4 heterocycles. The van der Waals surface area contributed by atoms with Gasteiger partial charge in [-0.15, -0.1) is 11.3 Å². The molecule has 2 saturated heterocycles. The Labute approximate surface area is 151 Å². The number of amides is 1. The highest BCUT2D eigenvalue weighted by Crippen LogP contribution is 2.32.